The lowest BCUT2D eigenvalue weighted by Gasteiger charge is -1.95. The third-order valence-electron chi connectivity index (χ3n) is 1.42. The van der Waals surface area contributed by atoms with Gasteiger partial charge in [0.1, 0.15) is 0 Å². The maximum absolute atomic E-state index is 10.7. The highest BCUT2D eigenvalue weighted by molar-refractivity contribution is 6.03. The standard InChI is InChI=1S/C7H8O3/c1-10-7(9)5-2-3-6(8)4-5/h4H,2-3H2,1H3. The number of allylic oxidation sites excluding steroid dienone is 1. The smallest absolute Gasteiger partial charge is 0.333 e. The Morgan fingerprint density at radius 1 is 1.60 bits per heavy atom. The number of ketones is 1. The van der Waals surface area contributed by atoms with Gasteiger partial charge in [0.05, 0.1) is 7.11 Å². The summed E-state index contributed by atoms with van der Waals surface area (Å²) in [6, 6.07) is 0. The number of carbonyl (C=O) groups is 2. The quantitative estimate of drug-likeness (QED) is 0.496. The minimum absolute atomic E-state index is 0.0143. The number of esters is 1. The Morgan fingerprint density at radius 2 is 2.30 bits per heavy atom. The van der Waals surface area contributed by atoms with Crippen molar-refractivity contribution in [2.24, 2.45) is 0 Å². The lowest BCUT2D eigenvalue weighted by molar-refractivity contribution is -0.136. The molecule has 0 N–H and O–H groups in total. The lowest BCUT2D eigenvalue weighted by atomic mass is 10.2. The molecule has 10 heavy (non-hydrogen) atoms. The molecule has 0 atom stereocenters. The Balaban J connectivity index is 2.66. The molecule has 0 amide bonds. The van der Waals surface area contributed by atoms with E-state index < -0.39 is 0 Å². The molecular formula is C7H8O3. The molecule has 3 heteroatoms. The van der Waals surface area contributed by atoms with Crippen molar-refractivity contribution < 1.29 is 14.3 Å². The van der Waals surface area contributed by atoms with Gasteiger partial charge in [0.25, 0.3) is 0 Å². The Kier molecular flexibility index (Phi) is 1.85. The first-order valence-electron chi connectivity index (χ1n) is 3.06. The molecule has 3 nitrogen and oxygen atoms in total. The monoisotopic (exact) mass is 140 g/mol. The zero-order valence-electron chi connectivity index (χ0n) is 5.72. The molecule has 1 aliphatic carbocycles. The molecule has 0 saturated carbocycles. The van der Waals surface area contributed by atoms with Gasteiger partial charge in [-0.15, -0.1) is 0 Å². The number of rotatable bonds is 1. The molecule has 54 valence electrons. The first-order valence-corrected chi connectivity index (χ1v) is 3.06. The van der Waals surface area contributed by atoms with Crippen LogP contribution in [0.2, 0.25) is 0 Å². The summed E-state index contributed by atoms with van der Waals surface area (Å²) in [6.45, 7) is 0. The van der Waals surface area contributed by atoms with Crippen molar-refractivity contribution in [2.45, 2.75) is 12.8 Å². The molecule has 0 saturated heterocycles. The van der Waals surface area contributed by atoms with E-state index in [2.05, 4.69) is 4.74 Å². The summed E-state index contributed by atoms with van der Waals surface area (Å²) in [5.74, 6) is -0.369. The van der Waals surface area contributed by atoms with Crippen LogP contribution in [0.3, 0.4) is 0 Å². The van der Waals surface area contributed by atoms with Crippen molar-refractivity contribution in [3.8, 4) is 0 Å². The first kappa shape index (κ1) is 6.99. The average Bonchev–Trinajstić information content (AvgIpc) is 2.34. The third kappa shape index (κ3) is 1.23. The summed E-state index contributed by atoms with van der Waals surface area (Å²) in [4.78, 5) is 21.3. The predicted molar refractivity (Wildman–Crippen MR) is 34.3 cm³/mol. The zero-order valence-corrected chi connectivity index (χ0v) is 5.72. The zero-order chi connectivity index (χ0) is 7.56. The van der Waals surface area contributed by atoms with Crippen molar-refractivity contribution in [1.82, 2.24) is 0 Å². The summed E-state index contributed by atoms with van der Waals surface area (Å²) in [6.07, 6.45) is 2.34. The van der Waals surface area contributed by atoms with E-state index in [9.17, 15) is 9.59 Å². The minimum Gasteiger partial charge on any atom is -0.466 e. The molecule has 1 aliphatic rings. The molecule has 0 fully saturated rings. The molecule has 0 aromatic heterocycles. The van der Waals surface area contributed by atoms with Crippen LogP contribution in [0.1, 0.15) is 12.8 Å². The van der Waals surface area contributed by atoms with Crippen molar-refractivity contribution in [3.05, 3.63) is 11.6 Å². The van der Waals surface area contributed by atoms with Crippen LogP contribution in [0, 0.1) is 0 Å². The van der Waals surface area contributed by atoms with Gasteiger partial charge in [0, 0.05) is 12.0 Å². The molecule has 0 bridgehead atoms. The Hall–Kier alpha value is -1.12. The van der Waals surface area contributed by atoms with Crippen LogP contribution in [-0.2, 0) is 14.3 Å². The van der Waals surface area contributed by atoms with Gasteiger partial charge in [-0.1, -0.05) is 0 Å². The number of hydrogen-bond donors (Lipinski definition) is 0. The van der Waals surface area contributed by atoms with E-state index in [0.717, 1.165) is 0 Å². The van der Waals surface area contributed by atoms with Crippen LogP contribution in [-0.4, -0.2) is 18.9 Å². The Bertz CT molecular complexity index is 203. The second-order valence-electron chi connectivity index (χ2n) is 2.13. The normalized spacial score (nSPS) is 16.9. The van der Waals surface area contributed by atoms with Crippen LogP contribution in [0.5, 0.6) is 0 Å². The highest BCUT2D eigenvalue weighted by atomic mass is 16.5. The average molecular weight is 140 g/mol. The minimum atomic E-state index is -0.383. The number of ether oxygens (including phenoxy) is 1. The van der Waals surface area contributed by atoms with Gasteiger partial charge < -0.3 is 4.74 Å². The van der Waals surface area contributed by atoms with Crippen LogP contribution >= 0.6 is 0 Å². The molecule has 0 aromatic carbocycles. The van der Waals surface area contributed by atoms with E-state index in [0.29, 0.717) is 18.4 Å². The fourth-order valence-corrected chi connectivity index (χ4v) is 0.889. The summed E-state index contributed by atoms with van der Waals surface area (Å²) < 4.78 is 4.42. The van der Waals surface area contributed by atoms with Gasteiger partial charge in [0.15, 0.2) is 5.78 Å². The van der Waals surface area contributed by atoms with Gasteiger partial charge in [0.2, 0.25) is 0 Å². The van der Waals surface area contributed by atoms with Crippen LogP contribution in [0.4, 0.5) is 0 Å². The van der Waals surface area contributed by atoms with Crippen LogP contribution in [0.15, 0.2) is 11.6 Å². The molecule has 0 unspecified atom stereocenters. The summed E-state index contributed by atoms with van der Waals surface area (Å²) >= 11 is 0. The Morgan fingerprint density at radius 3 is 2.70 bits per heavy atom. The van der Waals surface area contributed by atoms with Crippen molar-refractivity contribution in [3.63, 3.8) is 0 Å². The maximum atomic E-state index is 10.7. The van der Waals surface area contributed by atoms with Crippen molar-refractivity contribution in [2.75, 3.05) is 7.11 Å². The van der Waals surface area contributed by atoms with E-state index in [1.807, 2.05) is 0 Å². The Labute approximate surface area is 58.7 Å². The largest absolute Gasteiger partial charge is 0.466 e. The van der Waals surface area contributed by atoms with Gasteiger partial charge in [-0.25, -0.2) is 4.79 Å². The van der Waals surface area contributed by atoms with E-state index in [-0.39, 0.29) is 11.8 Å². The summed E-state index contributed by atoms with van der Waals surface area (Å²) in [5, 5.41) is 0. The maximum Gasteiger partial charge on any atom is 0.333 e. The number of carbonyl (C=O) groups excluding carboxylic acids is 2. The lowest BCUT2D eigenvalue weighted by Crippen LogP contribution is -2.01. The molecule has 0 aliphatic heterocycles. The van der Waals surface area contributed by atoms with Gasteiger partial charge in [-0.3, -0.25) is 4.79 Å². The molecule has 0 spiro atoms. The highest BCUT2D eigenvalue weighted by Crippen LogP contribution is 2.15. The highest BCUT2D eigenvalue weighted by Gasteiger charge is 2.18. The fourth-order valence-electron chi connectivity index (χ4n) is 0.889. The van der Waals surface area contributed by atoms with Crippen LogP contribution in [0.25, 0.3) is 0 Å². The van der Waals surface area contributed by atoms with Crippen LogP contribution < -0.4 is 0 Å². The molecule has 1 rings (SSSR count). The van der Waals surface area contributed by atoms with E-state index in [1.165, 1.54) is 13.2 Å². The van der Waals surface area contributed by atoms with E-state index in [1.54, 1.807) is 0 Å². The van der Waals surface area contributed by atoms with Gasteiger partial charge in [-0.05, 0) is 12.5 Å². The predicted octanol–water partition coefficient (Wildman–Crippen LogP) is 0.449. The van der Waals surface area contributed by atoms with Gasteiger partial charge >= 0.3 is 5.97 Å². The molecular weight excluding hydrogens is 132 g/mol. The number of hydrogen-bond acceptors (Lipinski definition) is 3. The second-order valence-corrected chi connectivity index (χ2v) is 2.13. The van der Waals surface area contributed by atoms with Crippen molar-refractivity contribution in [1.29, 1.82) is 0 Å². The molecule has 0 aromatic rings. The first-order chi connectivity index (χ1) is 4.74. The third-order valence-corrected chi connectivity index (χ3v) is 1.42. The fraction of sp³-hybridized carbons (Fsp3) is 0.429. The topological polar surface area (TPSA) is 43.4 Å². The molecule has 0 heterocycles. The summed E-state index contributed by atoms with van der Waals surface area (Å²) in [5.41, 5.74) is 0.493. The SMILES string of the molecule is COC(=O)C1=CC(=O)CC1. The number of methoxy groups -OCH3 is 1. The molecule has 0 radical (unpaired) electrons. The summed E-state index contributed by atoms with van der Waals surface area (Å²) in [7, 11) is 1.31. The van der Waals surface area contributed by atoms with Gasteiger partial charge in [-0.2, -0.15) is 0 Å². The van der Waals surface area contributed by atoms with Crippen molar-refractivity contribution >= 4 is 11.8 Å². The second kappa shape index (κ2) is 2.64. The van der Waals surface area contributed by atoms with E-state index in [4.69, 9.17) is 0 Å². The van der Waals surface area contributed by atoms with E-state index >= 15 is 0 Å².